The van der Waals surface area contributed by atoms with E-state index in [0.717, 1.165) is 30.2 Å². The number of hydrogen-bond acceptors (Lipinski definition) is 6. The van der Waals surface area contributed by atoms with Gasteiger partial charge in [0.1, 0.15) is 11.6 Å². The maximum absolute atomic E-state index is 5.06. The van der Waals surface area contributed by atoms with Crippen LogP contribution < -0.4 is 10.2 Å². The Morgan fingerprint density at radius 3 is 2.83 bits per heavy atom. The minimum atomic E-state index is 0.526. The van der Waals surface area contributed by atoms with Crippen LogP contribution in [0.1, 0.15) is 17.0 Å². The van der Waals surface area contributed by atoms with Crippen molar-refractivity contribution in [2.75, 3.05) is 16.8 Å². The first-order valence-electron chi connectivity index (χ1n) is 7.60. The number of para-hydroxylation sites is 1. The molecule has 1 aliphatic rings. The molecular formula is C17H17N5O. The van der Waals surface area contributed by atoms with Crippen molar-refractivity contribution in [1.29, 1.82) is 0 Å². The summed E-state index contributed by atoms with van der Waals surface area (Å²) in [4.78, 5) is 11.3. The minimum absolute atomic E-state index is 0.526. The highest BCUT2D eigenvalue weighted by molar-refractivity contribution is 5.68. The molecule has 0 radical (unpaired) electrons. The smallest absolute Gasteiger partial charge is 0.230 e. The molecule has 23 heavy (non-hydrogen) atoms. The normalized spacial score (nSPS) is 13.2. The standard InChI is InChI=1S/C17H17N5O/c1-11-9-16(22-8-7-13-5-3-4-6-14(13)22)20-17(18-11)19-15-10-12(2)23-21-15/h3-6,9-10H,7-8H2,1-2H3,(H,18,19,20,21). The van der Waals surface area contributed by atoms with E-state index in [-0.39, 0.29) is 0 Å². The van der Waals surface area contributed by atoms with Crippen molar-refractivity contribution >= 4 is 23.3 Å². The van der Waals surface area contributed by atoms with Crippen molar-refractivity contribution in [2.45, 2.75) is 20.3 Å². The van der Waals surface area contributed by atoms with Crippen molar-refractivity contribution in [3.05, 3.63) is 53.4 Å². The molecule has 0 amide bonds. The highest BCUT2D eigenvalue weighted by atomic mass is 16.5. The Kier molecular flexibility index (Phi) is 3.22. The third-order valence-corrected chi connectivity index (χ3v) is 3.87. The molecule has 3 heterocycles. The molecule has 0 fully saturated rings. The predicted octanol–water partition coefficient (Wildman–Crippen LogP) is 3.52. The molecule has 0 aliphatic carbocycles. The topological polar surface area (TPSA) is 67.1 Å². The number of benzene rings is 1. The molecule has 3 aromatic rings. The molecule has 0 saturated heterocycles. The average Bonchev–Trinajstić information content (AvgIpc) is 3.13. The van der Waals surface area contributed by atoms with Crippen LogP contribution in [0.15, 0.2) is 40.9 Å². The number of hydrogen-bond donors (Lipinski definition) is 1. The summed E-state index contributed by atoms with van der Waals surface area (Å²) in [6, 6.07) is 12.3. The maximum Gasteiger partial charge on any atom is 0.230 e. The molecule has 0 saturated carbocycles. The molecule has 0 unspecified atom stereocenters. The van der Waals surface area contributed by atoms with E-state index in [0.29, 0.717) is 11.8 Å². The quantitative estimate of drug-likeness (QED) is 0.798. The van der Waals surface area contributed by atoms with Crippen LogP contribution in [0.2, 0.25) is 0 Å². The van der Waals surface area contributed by atoms with Crippen LogP contribution in [-0.2, 0) is 6.42 Å². The molecule has 1 aromatic carbocycles. The van der Waals surface area contributed by atoms with E-state index in [1.54, 1.807) is 0 Å². The van der Waals surface area contributed by atoms with Crippen molar-refractivity contribution in [2.24, 2.45) is 0 Å². The fourth-order valence-electron chi connectivity index (χ4n) is 2.86. The van der Waals surface area contributed by atoms with Gasteiger partial charge in [-0.1, -0.05) is 23.4 Å². The third kappa shape index (κ3) is 2.63. The van der Waals surface area contributed by atoms with E-state index in [9.17, 15) is 0 Å². The zero-order valence-electron chi connectivity index (χ0n) is 13.1. The van der Waals surface area contributed by atoms with Crippen LogP contribution >= 0.6 is 0 Å². The summed E-state index contributed by atoms with van der Waals surface area (Å²) in [7, 11) is 0. The molecule has 0 atom stereocenters. The van der Waals surface area contributed by atoms with E-state index in [1.807, 2.05) is 26.0 Å². The maximum atomic E-state index is 5.06. The second kappa shape index (κ2) is 5.39. The first-order chi connectivity index (χ1) is 11.2. The molecule has 0 spiro atoms. The van der Waals surface area contributed by atoms with Crippen molar-refractivity contribution in [1.82, 2.24) is 15.1 Å². The average molecular weight is 307 g/mol. The van der Waals surface area contributed by atoms with Crippen LogP contribution in [0.5, 0.6) is 0 Å². The predicted molar refractivity (Wildman–Crippen MR) is 88.4 cm³/mol. The Labute approximate surface area is 134 Å². The van der Waals surface area contributed by atoms with Crippen molar-refractivity contribution in [3.63, 3.8) is 0 Å². The molecule has 1 N–H and O–H groups in total. The Morgan fingerprint density at radius 2 is 2.00 bits per heavy atom. The van der Waals surface area contributed by atoms with Gasteiger partial charge in [-0.25, -0.2) is 4.98 Å². The molecule has 2 aromatic heterocycles. The number of fused-ring (bicyclic) bond motifs is 1. The highest BCUT2D eigenvalue weighted by Crippen LogP contribution is 2.33. The number of aromatic nitrogens is 3. The first-order valence-corrected chi connectivity index (χ1v) is 7.60. The fourth-order valence-corrected chi connectivity index (χ4v) is 2.86. The van der Waals surface area contributed by atoms with Crippen molar-refractivity contribution < 1.29 is 4.52 Å². The first kappa shape index (κ1) is 13.8. The number of aryl methyl sites for hydroxylation is 2. The van der Waals surface area contributed by atoms with E-state index >= 15 is 0 Å². The second-order valence-corrected chi connectivity index (χ2v) is 5.67. The van der Waals surface area contributed by atoms with E-state index in [2.05, 4.69) is 49.6 Å². The molecule has 116 valence electrons. The molecule has 1 aliphatic heterocycles. The zero-order valence-corrected chi connectivity index (χ0v) is 13.1. The van der Waals surface area contributed by atoms with Gasteiger partial charge in [-0.15, -0.1) is 0 Å². The summed E-state index contributed by atoms with van der Waals surface area (Å²) >= 11 is 0. The number of anilines is 4. The van der Waals surface area contributed by atoms with E-state index in [1.165, 1.54) is 11.3 Å². The van der Waals surface area contributed by atoms with E-state index in [4.69, 9.17) is 4.52 Å². The largest absolute Gasteiger partial charge is 0.360 e. The highest BCUT2D eigenvalue weighted by Gasteiger charge is 2.21. The van der Waals surface area contributed by atoms with Gasteiger partial charge in [-0.05, 0) is 31.9 Å². The summed E-state index contributed by atoms with van der Waals surface area (Å²) in [6.07, 6.45) is 1.03. The van der Waals surface area contributed by atoms with Gasteiger partial charge in [0, 0.05) is 30.1 Å². The number of nitrogens with zero attached hydrogens (tertiary/aromatic N) is 4. The van der Waals surface area contributed by atoms with Crippen LogP contribution in [-0.4, -0.2) is 21.7 Å². The van der Waals surface area contributed by atoms with Crippen LogP contribution in [0.3, 0.4) is 0 Å². The summed E-state index contributed by atoms with van der Waals surface area (Å²) < 4.78 is 5.06. The lowest BCUT2D eigenvalue weighted by Crippen LogP contribution is -2.16. The van der Waals surface area contributed by atoms with Gasteiger partial charge >= 0.3 is 0 Å². The Hall–Kier alpha value is -2.89. The summed E-state index contributed by atoms with van der Waals surface area (Å²) in [6.45, 7) is 4.74. The molecular weight excluding hydrogens is 290 g/mol. The Morgan fingerprint density at radius 1 is 1.13 bits per heavy atom. The molecule has 6 heteroatoms. The van der Waals surface area contributed by atoms with Crippen molar-refractivity contribution in [3.8, 4) is 0 Å². The summed E-state index contributed by atoms with van der Waals surface area (Å²) in [5.41, 5.74) is 3.47. The van der Waals surface area contributed by atoms with Gasteiger partial charge in [-0.2, -0.15) is 4.98 Å². The van der Waals surface area contributed by atoms with Gasteiger partial charge < -0.3 is 14.7 Å². The van der Waals surface area contributed by atoms with Gasteiger partial charge in [0.05, 0.1) is 0 Å². The van der Waals surface area contributed by atoms with Gasteiger partial charge in [-0.3, -0.25) is 0 Å². The Bertz CT molecular complexity index is 858. The van der Waals surface area contributed by atoms with Crippen LogP contribution in [0.4, 0.5) is 23.3 Å². The number of rotatable bonds is 3. The lowest BCUT2D eigenvalue weighted by Gasteiger charge is -2.19. The van der Waals surface area contributed by atoms with Gasteiger partial charge in [0.2, 0.25) is 5.95 Å². The summed E-state index contributed by atoms with van der Waals surface area (Å²) in [5, 5.41) is 7.02. The molecule has 6 nitrogen and oxygen atoms in total. The van der Waals surface area contributed by atoms with Gasteiger partial charge in [0.15, 0.2) is 5.82 Å². The minimum Gasteiger partial charge on any atom is -0.360 e. The van der Waals surface area contributed by atoms with Crippen LogP contribution in [0.25, 0.3) is 0 Å². The monoisotopic (exact) mass is 307 g/mol. The Balaban J connectivity index is 1.67. The fraction of sp³-hybridized carbons (Fsp3) is 0.235. The summed E-state index contributed by atoms with van der Waals surface area (Å²) in [5.74, 6) is 2.78. The second-order valence-electron chi connectivity index (χ2n) is 5.67. The molecule has 4 rings (SSSR count). The SMILES string of the molecule is Cc1cc(N2CCc3ccccc32)nc(Nc2cc(C)on2)n1. The third-order valence-electron chi connectivity index (χ3n) is 3.87. The lowest BCUT2D eigenvalue weighted by molar-refractivity contribution is 0.400. The van der Waals surface area contributed by atoms with Crippen LogP contribution in [0, 0.1) is 13.8 Å². The molecule has 0 bridgehead atoms. The number of nitrogens with one attached hydrogen (secondary N) is 1. The lowest BCUT2D eigenvalue weighted by atomic mass is 10.2. The van der Waals surface area contributed by atoms with Gasteiger partial charge in [0.25, 0.3) is 0 Å². The zero-order chi connectivity index (χ0) is 15.8. The van der Waals surface area contributed by atoms with E-state index < -0.39 is 0 Å².